The summed E-state index contributed by atoms with van der Waals surface area (Å²) in [6, 6.07) is 8.83. The summed E-state index contributed by atoms with van der Waals surface area (Å²) in [5, 5.41) is 6.71. The minimum absolute atomic E-state index is 0.628. The monoisotopic (exact) mass is 275 g/mol. The zero-order valence-corrected chi connectivity index (χ0v) is 12.5. The Hall–Kier alpha value is -1.71. The Labute approximate surface area is 121 Å². The Morgan fingerprint density at radius 3 is 2.80 bits per heavy atom. The van der Waals surface area contributed by atoms with Crippen molar-refractivity contribution in [3.8, 4) is 5.75 Å². The smallest absolute Gasteiger partial charge is 0.191 e. The molecule has 2 rings (SSSR count). The minimum Gasteiger partial charge on any atom is -0.494 e. The lowest BCUT2D eigenvalue weighted by atomic mass is 10.1. The summed E-state index contributed by atoms with van der Waals surface area (Å²) in [4.78, 5) is 4.63. The largest absolute Gasteiger partial charge is 0.494 e. The quantitative estimate of drug-likeness (QED) is 0.593. The van der Waals surface area contributed by atoms with Crippen LogP contribution in [0, 0.1) is 0 Å². The molecule has 0 heterocycles. The molecular weight excluding hydrogens is 250 g/mol. The predicted molar refractivity (Wildman–Crippen MR) is 83.5 cm³/mol. The average molecular weight is 275 g/mol. The van der Waals surface area contributed by atoms with Crippen LogP contribution in [0.5, 0.6) is 5.75 Å². The van der Waals surface area contributed by atoms with Crippen molar-refractivity contribution in [3.05, 3.63) is 29.8 Å². The first-order valence-electron chi connectivity index (χ1n) is 7.59. The van der Waals surface area contributed by atoms with E-state index in [1.54, 1.807) is 0 Å². The molecule has 0 atom stereocenters. The van der Waals surface area contributed by atoms with Crippen molar-refractivity contribution in [2.24, 2.45) is 4.99 Å². The highest BCUT2D eigenvalue weighted by Gasteiger charge is 2.21. The molecule has 1 aromatic rings. The first kappa shape index (κ1) is 14.7. The fourth-order valence-corrected chi connectivity index (χ4v) is 2.04. The molecule has 0 aliphatic heterocycles. The summed E-state index contributed by atoms with van der Waals surface area (Å²) in [6.07, 6.45) is 3.42. The Kier molecular flexibility index (Phi) is 5.71. The molecule has 1 aromatic carbocycles. The van der Waals surface area contributed by atoms with E-state index < -0.39 is 0 Å². The van der Waals surface area contributed by atoms with E-state index in [4.69, 9.17) is 4.74 Å². The van der Waals surface area contributed by atoms with Crippen molar-refractivity contribution in [1.29, 1.82) is 0 Å². The Morgan fingerprint density at radius 2 is 2.10 bits per heavy atom. The van der Waals surface area contributed by atoms with Crippen LogP contribution >= 0.6 is 0 Å². The summed E-state index contributed by atoms with van der Waals surface area (Å²) in [6.45, 7) is 6.47. The molecule has 0 aromatic heterocycles. The van der Waals surface area contributed by atoms with Crippen molar-refractivity contribution in [3.63, 3.8) is 0 Å². The lowest BCUT2D eigenvalue weighted by Crippen LogP contribution is -2.38. The van der Waals surface area contributed by atoms with Gasteiger partial charge in [0, 0.05) is 19.1 Å². The van der Waals surface area contributed by atoms with Gasteiger partial charge >= 0.3 is 0 Å². The Bertz CT molecular complexity index is 441. The predicted octanol–water partition coefficient (Wildman–Crippen LogP) is 2.35. The maximum Gasteiger partial charge on any atom is 0.191 e. The van der Waals surface area contributed by atoms with E-state index in [1.807, 2.05) is 19.1 Å². The van der Waals surface area contributed by atoms with Gasteiger partial charge in [0.25, 0.3) is 0 Å². The van der Waals surface area contributed by atoms with Crippen molar-refractivity contribution in [2.45, 2.75) is 39.2 Å². The first-order chi connectivity index (χ1) is 9.83. The lowest BCUT2D eigenvalue weighted by molar-refractivity contribution is 0.336. The SMILES string of the molecule is CCNC(=NCCc1ccccc1OCC)NC1CC1. The maximum atomic E-state index is 5.64. The second-order valence-corrected chi connectivity index (χ2v) is 4.97. The van der Waals surface area contributed by atoms with Gasteiger partial charge in [-0.05, 0) is 44.7 Å². The first-order valence-corrected chi connectivity index (χ1v) is 7.59. The van der Waals surface area contributed by atoms with Crippen molar-refractivity contribution >= 4 is 5.96 Å². The molecule has 0 saturated heterocycles. The molecule has 1 fully saturated rings. The maximum absolute atomic E-state index is 5.64. The van der Waals surface area contributed by atoms with Crippen molar-refractivity contribution in [1.82, 2.24) is 10.6 Å². The number of nitrogens with one attached hydrogen (secondary N) is 2. The fraction of sp³-hybridized carbons (Fsp3) is 0.562. The molecule has 1 aliphatic carbocycles. The standard InChI is InChI=1S/C16H25N3O/c1-3-17-16(19-14-9-10-14)18-12-11-13-7-5-6-8-15(13)20-4-2/h5-8,14H,3-4,9-12H2,1-2H3,(H2,17,18,19). The van der Waals surface area contributed by atoms with Crippen LogP contribution in [0.3, 0.4) is 0 Å². The van der Waals surface area contributed by atoms with Crippen LogP contribution in [0.25, 0.3) is 0 Å². The number of aliphatic imine (C=N–C) groups is 1. The molecule has 0 amide bonds. The second kappa shape index (κ2) is 7.78. The Balaban J connectivity index is 1.89. The van der Waals surface area contributed by atoms with Crippen LogP contribution < -0.4 is 15.4 Å². The summed E-state index contributed by atoms with van der Waals surface area (Å²) < 4.78 is 5.64. The van der Waals surface area contributed by atoms with Crippen molar-refractivity contribution in [2.75, 3.05) is 19.7 Å². The van der Waals surface area contributed by atoms with Gasteiger partial charge < -0.3 is 15.4 Å². The van der Waals surface area contributed by atoms with Crippen LogP contribution in [0.15, 0.2) is 29.3 Å². The van der Waals surface area contributed by atoms with Gasteiger partial charge in [0.2, 0.25) is 0 Å². The van der Waals surface area contributed by atoms with E-state index >= 15 is 0 Å². The summed E-state index contributed by atoms with van der Waals surface area (Å²) >= 11 is 0. The molecule has 4 nitrogen and oxygen atoms in total. The topological polar surface area (TPSA) is 45.7 Å². The zero-order valence-electron chi connectivity index (χ0n) is 12.5. The van der Waals surface area contributed by atoms with E-state index in [0.717, 1.165) is 31.2 Å². The van der Waals surface area contributed by atoms with E-state index in [9.17, 15) is 0 Å². The van der Waals surface area contributed by atoms with Crippen molar-refractivity contribution < 1.29 is 4.74 Å². The van der Waals surface area contributed by atoms with Gasteiger partial charge in [-0.15, -0.1) is 0 Å². The molecule has 110 valence electrons. The van der Waals surface area contributed by atoms with Gasteiger partial charge in [0.1, 0.15) is 5.75 Å². The molecule has 4 heteroatoms. The van der Waals surface area contributed by atoms with E-state index in [-0.39, 0.29) is 0 Å². The summed E-state index contributed by atoms with van der Waals surface area (Å²) in [5.41, 5.74) is 1.22. The molecule has 1 aliphatic rings. The number of hydrogen-bond donors (Lipinski definition) is 2. The van der Waals surface area contributed by atoms with Crippen LogP contribution in [0.4, 0.5) is 0 Å². The van der Waals surface area contributed by atoms with Crippen LogP contribution in [-0.2, 0) is 6.42 Å². The van der Waals surface area contributed by atoms with Gasteiger partial charge in [0.05, 0.1) is 6.61 Å². The molecule has 0 bridgehead atoms. The van der Waals surface area contributed by atoms with Crippen LogP contribution in [-0.4, -0.2) is 31.7 Å². The van der Waals surface area contributed by atoms with Gasteiger partial charge in [-0.25, -0.2) is 0 Å². The molecule has 0 unspecified atom stereocenters. The number of para-hydroxylation sites is 1. The van der Waals surface area contributed by atoms with E-state index in [2.05, 4.69) is 34.7 Å². The van der Waals surface area contributed by atoms with Gasteiger partial charge in [-0.1, -0.05) is 18.2 Å². The van der Waals surface area contributed by atoms with Gasteiger partial charge in [0.15, 0.2) is 5.96 Å². The third-order valence-electron chi connectivity index (χ3n) is 3.19. The number of guanidine groups is 1. The number of rotatable bonds is 7. The number of ether oxygens (including phenoxy) is 1. The van der Waals surface area contributed by atoms with Gasteiger partial charge in [-0.3, -0.25) is 4.99 Å². The van der Waals surface area contributed by atoms with E-state index in [0.29, 0.717) is 12.6 Å². The summed E-state index contributed by atoms with van der Waals surface area (Å²) in [5.74, 6) is 1.91. The molecular formula is C16H25N3O. The Morgan fingerprint density at radius 1 is 1.30 bits per heavy atom. The third-order valence-corrected chi connectivity index (χ3v) is 3.19. The van der Waals surface area contributed by atoms with E-state index in [1.165, 1.54) is 18.4 Å². The molecule has 0 radical (unpaired) electrons. The van der Waals surface area contributed by atoms with Crippen LogP contribution in [0.1, 0.15) is 32.3 Å². The molecule has 0 spiro atoms. The number of nitrogens with zero attached hydrogens (tertiary/aromatic N) is 1. The van der Waals surface area contributed by atoms with Crippen LogP contribution in [0.2, 0.25) is 0 Å². The average Bonchev–Trinajstić information content (AvgIpc) is 3.25. The second-order valence-electron chi connectivity index (χ2n) is 4.97. The number of benzene rings is 1. The normalized spacial score (nSPS) is 15.0. The fourth-order valence-electron chi connectivity index (χ4n) is 2.04. The minimum atomic E-state index is 0.628. The highest BCUT2D eigenvalue weighted by molar-refractivity contribution is 5.80. The third kappa shape index (κ3) is 4.76. The number of hydrogen-bond acceptors (Lipinski definition) is 2. The molecule has 1 saturated carbocycles. The molecule has 20 heavy (non-hydrogen) atoms. The molecule has 2 N–H and O–H groups in total. The van der Waals surface area contributed by atoms with Gasteiger partial charge in [-0.2, -0.15) is 0 Å². The summed E-state index contributed by atoms with van der Waals surface area (Å²) in [7, 11) is 0. The highest BCUT2D eigenvalue weighted by atomic mass is 16.5. The highest BCUT2D eigenvalue weighted by Crippen LogP contribution is 2.19. The lowest BCUT2D eigenvalue weighted by Gasteiger charge is -2.11. The zero-order chi connectivity index (χ0) is 14.2.